The SMILES string of the molecule is CCOC(=O)C1=C(C)N(CC(=O)Nc2ccc(C)cc2C)c2ncnn2C1c1ccc(C)cc1. The van der Waals surface area contributed by atoms with Crippen molar-refractivity contribution in [1.29, 1.82) is 0 Å². The van der Waals surface area contributed by atoms with Gasteiger partial charge < -0.3 is 15.0 Å². The summed E-state index contributed by atoms with van der Waals surface area (Å²) in [6, 6.07) is 13.3. The van der Waals surface area contributed by atoms with Crippen molar-refractivity contribution in [3.63, 3.8) is 0 Å². The summed E-state index contributed by atoms with van der Waals surface area (Å²) >= 11 is 0. The van der Waals surface area contributed by atoms with Gasteiger partial charge in [0.2, 0.25) is 11.9 Å². The molecule has 2 heterocycles. The Morgan fingerprint density at radius 2 is 1.74 bits per heavy atom. The van der Waals surface area contributed by atoms with Crippen LogP contribution in [0.2, 0.25) is 0 Å². The Morgan fingerprint density at radius 3 is 2.41 bits per heavy atom. The summed E-state index contributed by atoms with van der Waals surface area (Å²) in [5.41, 5.74) is 5.90. The summed E-state index contributed by atoms with van der Waals surface area (Å²) in [6.45, 7) is 9.78. The molecule has 0 saturated carbocycles. The number of rotatable bonds is 6. The molecule has 8 heteroatoms. The van der Waals surface area contributed by atoms with E-state index < -0.39 is 12.0 Å². The highest BCUT2D eigenvalue weighted by Crippen LogP contribution is 2.38. The minimum Gasteiger partial charge on any atom is -0.463 e. The number of anilines is 2. The van der Waals surface area contributed by atoms with Gasteiger partial charge in [0, 0.05) is 11.4 Å². The molecule has 1 aliphatic heterocycles. The van der Waals surface area contributed by atoms with E-state index in [-0.39, 0.29) is 19.1 Å². The average Bonchev–Trinajstić information content (AvgIpc) is 3.27. The van der Waals surface area contributed by atoms with E-state index in [0.29, 0.717) is 17.2 Å². The number of aryl methyl sites for hydroxylation is 3. The molecule has 1 aliphatic rings. The summed E-state index contributed by atoms with van der Waals surface area (Å²) < 4.78 is 7.08. The smallest absolute Gasteiger partial charge is 0.338 e. The van der Waals surface area contributed by atoms with Gasteiger partial charge in [0.05, 0.1) is 12.2 Å². The van der Waals surface area contributed by atoms with Gasteiger partial charge in [-0.1, -0.05) is 47.5 Å². The number of amides is 1. The zero-order valence-electron chi connectivity index (χ0n) is 20.1. The molecule has 1 N–H and O–H groups in total. The third-order valence-electron chi connectivity index (χ3n) is 5.95. The van der Waals surface area contributed by atoms with Crippen LogP contribution in [0.5, 0.6) is 0 Å². The van der Waals surface area contributed by atoms with Crippen molar-refractivity contribution in [2.45, 2.75) is 40.7 Å². The number of benzene rings is 2. The second-order valence-corrected chi connectivity index (χ2v) is 8.49. The highest BCUT2D eigenvalue weighted by molar-refractivity contribution is 5.97. The number of nitrogens with zero attached hydrogens (tertiary/aromatic N) is 4. The van der Waals surface area contributed by atoms with E-state index in [9.17, 15) is 9.59 Å². The van der Waals surface area contributed by atoms with Crippen LogP contribution in [0.1, 0.15) is 42.1 Å². The number of hydrogen-bond donors (Lipinski definition) is 1. The Bertz CT molecular complexity index is 1260. The number of allylic oxidation sites excluding steroid dienone is 1. The van der Waals surface area contributed by atoms with E-state index in [4.69, 9.17) is 4.74 Å². The van der Waals surface area contributed by atoms with Crippen LogP contribution in [-0.4, -0.2) is 39.8 Å². The lowest BCUT2D eigenvalue weighted by atomic mass is 9.94. The Kier molecular flexibility index (Phi) is 6.49. The average molecular weight is 460 g/mol. The molecule has 0 fully saturated rings. The molecule has 0 radical (unpaired) electrons. The van der Waals surface area contributed by atoms with Crippen molar-refractivity contribution in [2.24, 2.45) is 0 Å². The summed E-state index contributed by atoms with van der Waals surface area (Å²) in [6.07, 6.45) is 1.44. The van der Waals surface area contributed by atoms with Gasteiger partial charge in [0.1, 0.15) is 18.9 Å². The van der Waals surface area contributed by atoms with Gasteiger partial charge in [-0.3, -0.25) is 4.79 Å². The summed E-state index contributed by atoms with van der Waals surface area (Å²) in [5.74, 6) is -0.170. The van der Waals surface area contributed by atoms with Crippen LogP contribution in [0, 0.1) is 20.8 Å². The predicted molar refractivity (Wildman–Crippen MR) is 131 cm³/mol. The molecule has 0 spiro atoms. The first-order valence-corrected chi connectivity index (χ1v) is 11.3. The molecule has 176 valence electrons. The predicted octanol–water partition coefficient (Wildman–Crippen LogP) is 4.09. The summed E-state index contributed by atoms with van der Waals surface area (Å²) in [7, 11) is 0. The first kappa shape index (κ1) is 23.2. The molecule has 1 aromatic heterocycles. The van der Waals surface area contributed by atoms with Crippen molar-refractivity contribution in [3.8, 4) is 0 Å². The van der Waals surface area contributed by atoms with Crippen LogP contribution in [0.15, 0.2) is 60.1 Å². The molecular weight excluding hydrogens is 430 g/mol. The number of aromatic nitrogens is 3. The third kappa shape index (κ3) is 4.44. The molecule has 8 nitrogen and oxygen atoms in total. The van der Waals surface area contributed by atoms with Crippen molar-refractivity contribution < 1.29 is 14.3 Å². The maximum atomic E-state index is 13.1. The fraction of sp³-hybridized carbons (Fsp3) is 0.308. The summed E-state index contributed by atoms with van der Waals surface area (Å²) in [4.78, 5) is 32.3. The van der Waals surface area contributed by atoms with E-state index in [1.807, 2.05) is 70.2 Å². The largest absolute Gasteiger partial charge is 0.463 e. The van der Waals surface area contributed by atoms with Gasteiger partial charge in [0.25, 0.3) is 0 Å². The monoisotopic (exact) mass is 459 g/mol. The van der Waals surface area contributed by atoms with Gasteiger partial charge in [-0.25, -0.2) is 9.48 Å². The van der Waals surface area contributed by atoms with Gasteiger partial charge in [-0.15, -0.1) is 0 Å². The molecule has 2 aromatic carbocycles. The molecule has 3 aromatic rings. The van der Waals surface area contributed by atoms with Crippen LogP contribution >= 0.6 is 0 Å². The Balaban J connectivity index is 1.72. The lowest BCUT2D eigenvalue weighted by Crippen LogP contribution is -2.41. The molecule has 1 atom stereocenters. The quantitative estimate of drug-likeness (QED) is 0.559. The first-order chi connectivity index (χ1) is 16.3. The number of ether oxygens (including phenoxy) is 1. The maximum Gasteiger partial charge on any atom is 0.338 e. The fourth-order valence-corrected chi connectivity index (χ4v) is 4.24. The van der Waals surface area contributed by atoms with Gasteiger partial charge in [-0.2, -0.15) is 10.1 Å². The van der Waals surface area contributed by atoms with Gasteiger partial charge in [-0.05, 0) is 51.8 Å². The van der Waals surface area contributed by atoms with Crippen molar-refractivity contribution >= 4 is 23.5 Å². The van der Waals surface area contributed by atoms with Crippen LogP contribution in [0.3, 0.4) is 0 Å². The number of carbonyl (C=O) groups is 2. The summed E-state index contributed by atoms with van der Waals surface area (Å²) in [5, 5.41) is 7.39. The number of nitrogens with one attached hydrogen (secondary N) is 1. The van der Waals surface area contributed by atoms with E-state index in [1.165, 1.54) is 6.33 Å². The van der Waals surface area contributed by atoms with E-state index in [0.717, 1.165) is 27.9 Å². The molecule has 34 heavy (non-hydrogen) atoms. The molecule has 1 unspecified atom stereocenters. The topological polar surface area (TPSA) is 89.3 Å². The minimum atomic E-state index is -0.504. The van der Waals surface area contributed by atoms with Crippen molar-refractivity contribution in [2.75, 3.05) is 23.4 Å². The van der Waals surface area contributed by atoms with E-state index >= 15 is 0 Å². The molecular formula is C26H29N5O3. The molecule has 0 bridgehead atoms. The highest BCUT2D eigenvalue weighted by Gasteiger charge is 2.38. The second kappa shape index (κ2) is 9.51. The van der Waals surface area contributed by atoms with Crippen LogP contribution in [0.4, 0.5) is 11.6 Å². The number of esters is 1. The fourth-order valence-electron chi connectivity index (χ4n) is 4.24. The Labute approximate surface area is 199 Å². The number of hydrogen-bond acceptors (Lipinski definition) is 6. The zero-order chi connectivity index (χ0) is 24.4. The number of fused-ring (bicyclic) bond motifs is 1. The van der Waals surface area contributed by atoms with Gasteiger partial charge >= 0.3 is 5.97 Å². The standard InChI is InChI=1S/C26H29N5O3/c1-6-34-25(33)23-19(5)30(14-22(32)29-21-12-9-17(3)13-18(21)4)26-27-15-28-31(26)24(23)20-10-7-16(2)8-11-20/h7-13,15,24H,6,14H2,1-5H3,(H,29,32). The molecule has 0 saturated heterocycles. The minimum absolute atomic E-state index is 0.0264. The van der Waals surface area contributed by atoms with Crippen LogP contribution in [0.25, 0.3) is 0 Å². The number of carbonyl (C=O) groups excluding carboxylic acids is 2. The van der Waals surface area contributed by atoms with Crippen molar-refractivity contribution in [3.05, 3.63) is 82.3 Å². The second-order valence-electron chi connectivity index (χ2n) is 8.49. The van der Waals surface area contributed by atoms with Crippen molar-refractivity contribution in [1.82, 2.24) is 14.8 Å². The molecule has 0 aliphatic carbocycles. The van der Waals surface area contributed by atoms with E-state index in [1.54, 1.807) is 16.5 Å². The molecule has 1 amide bonds. The third-order valence-corrected chi connectivity index (χ3v) is 5.95. The van der Waals surface area contributed by atoms with E-state index in [2.05, 4.69) is 15.4 Å². The highest BCUT2D eigenvalue weighted by atomic mass is 16.5. The van der Waals surface area contributed by atoms with Crippen LogP contribution < -0.4 is 10.2 Å². The normalized spacial score (nSPS) is 15.2. The van der Waals surface area contributed by atoms with Gasteiger partial charge in [0.15, 0.2) is 0 Å². The zero-order valence-corrected chi connectivity index (χ0v) is 20.1. The first-order valence-electron chi connectivity index (χ1n) is 11.3. The Hall–Kier alpha value is -3.94. The lowest BCUT2D eigenvalue weighted by Gasteiger charge is -2.35. The lowest BCUT2D eigenvalue weighted by molar-refractivity contribution is -0.139. The maximum absolute atomic E-state index is 13.1. The molecule has 4 rings (SSSR count). The Morgan fingerprint density at radius 1 is 1.03 bits per heavy atom. The van der Waals surface area contributed by atoms with Crippen LogP contribution in [-0.2, 0) is 14.3 Å².